The average molecular weight is 499 g/mol. The van der Waals surface area contributed by atoms with Crippen LogP contribution >= 0.6 is 11.6 Å². The van der Waals surface area contributed by atoms with Crippen LogP contribution in [0.5, 0.6) is 11.6 Å². The van der Waals surface area contributed by atoms with E-state index < -0.39 is 6.10 Å². The van der Waals surface area contributed by atoms with Crippen molar-refractivity contribution in [3.63, 3.8) is 0 Å². The Morgan fingerprint density at radius 3 is 3.03 bits per heavy atom. The molecule has 2 aliphatic rings. The lowest BCUT2D eigenvalue weighted by Crippen LogP contribution is -2.52. The molecule has 5 rings (SSSR count). The molecule has 0 unspecified atom stereocenters. The summed E-state index contributed by atoms with van der Waals surface area (Å²) in [4.78, 5) is 27.1. The number of aromatic nitrogens is 3. The molecular weight excluding hydrogens is 472 g/mol. The van der Waals surface area contributed by atoms with Crippen LogP contribution in [-0.4, -0.2) is 76.4 Å². The van der Waals surface area contributed by atoms with Gasteiger partial charge in [0.25, 0.3) is 5.91 Å². The van der Waals surface area contributed by atoms with Crippen molar-refractivity contribution < 1.29 is 19.4 Å². The molecule has 0 aromatic carbocycles. The van der Waals surface area contributed by atoms with Crippen LogP contribution in [0.25, 0.3) is 11.0 Å². The van der Waals surface area contributed by atoms with Gasteiger partial charge >= 0.3 is 0 Å². The van der Waals surface area contributed by atoms with Crippen molar-refractivity contribution >= 4 is 34.4 Å². The first-order valence-electron chi connectivity index (χ1n) is 11.5. The fraction of sp³-hybridized carbons (Fsp3) is 0.417. The normalized spacial score (nSPS) is 20.3. The van der Waals surface area contributed by atoms with Gasteiger partial charge in [0.2, 0.25) is 5.88 Å². The molecule has 2 aliphatic heterocycles. The minimum absolute atomic E-state index is 0.00530. The highest BCUT2D eigenvalue weighted by atomic mass is 35.5. The van der Waals surface area contributed by atoms with Crippen LogP contribution in [0.3, 0.4) is 0 Å². The molecular formula is C24H27ClN6O4. The maximum absolute atomic E-state index is 11.5. The van der Waals surface area contributed by atoms with E-state index in [0.717, 1.165) is 41.8 Å². The topological polar surface area (TPSA) is 122 Å². The van der Waals surface area contributed by atoms with Crippen LogP contribution in [0, 0.1) is 0 Å². The molecule has 0 saturated carbocycles. The molecule has 1 saturated heterocycles. The molecule has 3 aromatic heterocycles. The summed E-state index contributed by atoms with van der Waals surface area (Å²) in [7, 11) is 1.58. The number of aliphatic hydroxyl groups excluding tert-OH is 1. The van der Waals surface area contributed by atoms with Crippen LogP contribution < -0.4 is 20.1 Å². The Kier molecular flexibility index (Phi) is 6.96. The third-order valence-corrected chi connectivity index (χ3v) is 6.70. The number of rotatable bonds is 7. The highest BCUT2D eigenvalue weighted by molar-refractivity contribution is 6.32. The molecule has 3 N–H and O–H groups in total. The molecule has 10 nitrogen and oxygen atoms in total. The first-order chi connectivity index (χ1) is 17.0. The Morgan fingerprint density at radius 1 is 1.31 bits per heavy atom. The number of hydrogen-bond donors (Lipinski definition) is 3. The molecule has 1 fully saturated rings. The third kappa shape index (κ3) is 5.30. The Labute approximate surface area is 207 Å². The number of pyridine rings is 3. The van der Waals surface area contributed by atoms with Crippen molar-refractivity contribution in [3.8, 4) is 11.6 Å². The summed E-state index contributed by atoms with van der Waals surface area (Å²) in [5.74, 6) is 1.31. The molecule has 0 spiro atoms. The summed E-state index contributed by atoms with van der Waals surface area (Å²) >= 11 is 6.46. The van der Waals surface area contributed by atoms with Gasteiger partial charge in [-0.3, -0.25) is 9.78 Å². The van der Waals surface area contributed by atoms with Crippen LogP contribution in [-0.2, 0) is 17.8 Å². The van der Waals surface area contributed by atoms with Crippen molar-refractivity contribution in [2.24, 2.45) is 0 Å². The van der Waals surface area contributed by atoms with E-state index >= 15 is 0 Å². The fourth-order valence-corrected chi connectivity index (χ4v) is 4.71. The molecule has 11 heteroatoms. The van der Waals surface area contributed by atoms with E-state index in [4.69, 9.17) is 21.1 Å². The molecule has 5 heterocycles. The van der Waals surface area contributed by atoms with Crippen LogP contribution in [0.2, 0.25) is 5.02 Å². The number of anilines is 1. The number of methoxy groups -OCH3 is 1. The van der Waals surface area contributed by atoms with E-state index in [0.29, 0.717) is 42.0 Å². The zero-order valence-electron chi connectivity index (χ0n) is 19.3. The SMILES string of the molecule is COc1ccc2ncc(Cl)c(CCN3CC[C@H](NCc4ccc5c(n4)NC(=O)CO5)[C@H](O)C3)c2n1. The molecule has 2 atom stereocenters. The Balaban J connectivity index is 1.16. The number of β-amino-alcohol motifs (C(OH)–C–C–N with tert-alkyl or cyclic N) is 1. The number of nitrogens with zero attached hydrogens (tertiary/aromatic N) is 4. The quantitative estimate of drug-likeness (QED) is 0.447. The van der Waals surface area contributed by atoms with Gasteiger partial charge in [0.1, 0.15) is 0 Å². The molecule has 0 aliphatic carbocycles. The summed E-state index contributed by atoms with van der Waals surface area (Å²) in [6.45, 7) is 2.63. The van der Waals surface area contributed by atoms with Crippen molar-refractivity contribution in [1.29, 1.82) is 0 Å². The second-order valence-corrected chi connectivity index (χ2v) is 9.09. The fourth-order valence-electron chi connectivity index (χ4n) is 4.48. The second-order valence-electron chi connectivity index (χ2n) is 8.69. The zero-order valence-corrected chi connectivity index (χ0v) is 20.1. The molecule has 1 amide bonds. The van der Waals surface area contributed by atoms with Crippen molar-refractivity contribution in [2.45, 2.75) is 31.5 Å². The van der Waals surface area contributed by atoms with Crippen molar-refractivity contribution in [1.82, 2.24) is 25.2 Å². The highest BCUT2D eigenvalue weighted by Crippen LogP contribution is 2.27. The number of hydrogen-bond acceptors (Lipinski definition) is 9. The first-order valence-corrected chi connectivity index (χ1v) is 11.9. The number of nitrogens with one attached hydrogen (secondary N) is 2. The number of fused-ring (bicyclic) bond motifs is 2. The maximum atomic E-state index is 11.5. The third-order valence-electron chi connectivity index (χ3n) is 6.37. The first kappa shape index (κ1) is 23.7. The minimum Gasteiger partial charge on any atom is -0.481 e. The van der Waals surface area contributed by atoms with Gasteiger partial charge in [0.15, 0.2) is 18.2 Å². The van der Waals surface area contributed by atoms with E-state index in [2.05, 4.69) is 30.5 Å². The lowest BCUT2D eigenvalue weighted by molar-refractivity contribution is -0.118. The van der Waals surface area contributed by atoms with Crippen LogP contribution in [0.1, 0.15) is 17.7 Å². The average Bonchev–Trinajstić information content (AvgIpc) is 2.87. The number of piperidine rings is 1. The zero-order chi connectivity index (χ0) is 24.4. The van der Waals surface area contributed by atoms with E-state index in [1.165, 1.54) is 0 Å². The molecule has 184 valence electrons. The van der Waals surface area contributed by atoms with Gasteiger partial charge in [-0.1, -0.05) is 11.6 Å². The summed E-state index contributed by atoms with van der Waals surface area (Å²) in [6.07, 6.45) is 2.62. The largest absolute Gasteiger partial charge is 0.481 e. The highest BCUT2D eigenvalue weighted by Gasteiger charge is 2.28. The Hall–Kier alpha value is -3.05. The minimum atomic E-state index is -0.521. The van der Waals surface area contributed by atoms with Crippen molar-refractivity contribution in [2.75, 3.05) is 38.7 Å². The van der Waals surface area contributed by atoms with Crippen LogP contribution in [0.4, 0.5) is 5.82 Å². The Morgan fingerprint density at radius 2 is 2.20 bits per heavy atom. The number of carbonyl (C=O) groups excluding carboxylic acids is 1. The number of aliphatic hydroxyl groups is 1. The molecule has 0 radical (unpaired) electrons. The molecule has 3 aromatic rings. The Bertz CT molecular complexity index is 1240. The molecule has 0 bridgehead atoms. The van der Waals surface area contributed by atoms with Gasteiger partial charge < -0.3 is 30.1 Å². The standard InChI is InChI=1S/C24H27ClN6O4/c1-34-22-5-3-18-23(30-22)15(16(25)11-27-18)6-8-31-9-7-17(19(32)12-31)26-10-14-2-4-20-24(28-14)29-21(33)13-35-20/h2-5,11,17,19,26,32H,6-10,12-13H2,1H3,(H,28,29,33)/t17-,19+/m0/s1. The summed E-state index contributed by atoms with van der Waals surface area (Å²) in [6, 6.07) is 7.27. The lowest BCUT2D eigenvalue weighted by Gasteiger charge is -2.36. The number of ether oxygens (including phenoxy) is 2. The van der Waals surface area contributed by atoms with Gasteiger partial charge in [-0.25, -0.2) is 9.97 Å². The monoisotopic (exact) mass is 498 g/mol. The van der Waals surface area contributed by atoms with Gasteiger partial charge in [0.05, 0.1) is 35.0 Å². The summed E-state index contributed by atoms with van der Waals surface area (Å²) in [5, 5.41) is 17.5. The second kappa shape index (κ2) is 10.3. The number of halogens is 1. The maximum Gasteiger partial charge on any atom is 0.263 e. The van der Waals surface area contributed by atoms with Gasteiger partial charge in [-0.2, -0.15) is 0 Å². The summed E-state index contributed by atoms with van der Waals surface area (Å²) in [5.41, 5.74) is 3.22. The van der Waals surface area contributed by atoms with E-state index in [9.17, 15) is 9.90 Å². The summed E-state index contributed by atoms with van der Waals surface area (Å²) < 4.78 is 10.6. The number of carbonyl (C=O) groups is 1. The van der Waals surface area contributed by atoms with Crippen molar-refractivity contribution in [3.05, 3.63) is 46.7 Å². The van der Waals surface area contributed by atoms with Gasteiger partial charge in [0, 0.05) is 43.5 Å². The lowest BCUT2D eigenvalue weighted by atomic mass is 10.0. The number of amides is 1. The van der Waals surface area contributed by atoms with Crippen LogP contribution in [0.15, 0.2) is 30.5 Å². The predicted octanol–water partition coefficient (Wildman–Crippen LogP) is 1.79. The smallest absolute Gasteiger partial charge is 0.263 e. The van der Waals surface area contributed by atoms with E-state index in [-0.39, 0.29) is 18.6 Å². The van der Waals surface area contributed by atoms with E-state index in [1.54, 1.807) is 25.4 Å². The molecule has 35 heavy (non-hydrogen) atoms. The van der Waals surface area contributed by atoms with Gasteiger partial charge in [-0.05, 0) is 37.6 Å². The van der Waals surface area contributed by atoms with E-state index in [1.807, 2.05) is 12.1 Å². The number of likely N-dealkylation sites (tertiary alicyclic amines) is 1. The predicted molar refractivity (Wildman–Crippen MR) is 131 cm³/mol. The van der Waals surface area contributed by atoms with Gasteiger partial charge in [-0.15, -0.1) is 0 Å².